The number of carbonyl (C=O) groups excluding carboxylic acids is 1. The van der Waals surface area contributed by atoms with Gasteiger partial charge in [-0.05, 0) is 66.4 Å². The van der Waals surface area contributed by atoms with Crippen molar-refractivity contribution in [1.29, 1.82) is 0 Å². The zero-order valence-corrected chi connectivity index (χ0v) is 18.3. The van der Waals surface area contributed by atoms with Gasteiger partial charge in [-0.25, -0.2) is 13.1 Å². The van der Waals surface area contributed by atoms with Gasteiger partial charge in [0.2, 0.25) is 10.0 Å². The Morgan fingerprint density at radius 3 is 2.56 bits per heavy atom. The summed E-state index contributed by atoms with van der Waals surface area (Å²) in [5, 5.41) is 13.4. The molecule has 1 aliphatic rings. The third-order valence-corrected chi connectivity index (χ3v) is 6.96. The van der Waals surface area contributed by atoms with E-state index >= 15 is 0 Å². The standard InChI is InChI=1S/C24H24N2O5S/c1-31-19-7-5-6-17(14-19)24(28)25-18-12-10-16-11-13-22(27)23(21(16)15-18)26-32(29,30)20-8-3-2-4-9-20/h2-10,12,14-15,22-23,26-27H,11,13H2,1H3,(H,25,28)/t22-,23?/m1/s1. The summed E-state index contributed by atoms with van der Waals surface area (Å²) in [7, 11) is -2.30. The van der Waals surface area contributed by atoms with Crippen molar-refractivity contribution in [3.8, 4) is 5.75 Å². The number of sulfonamides is 1. The summed E-state index contributed by atoms with van der Waals surface area (Å²) in [6.45, 7) is 0. The Bertz CT molecular complexity index is 1230. The molecular formula is C24H24N2O5S. The van der Waals surface area contributed by atoms with Crippen molar-refractivity contribution in [2.24, 2.45) is 0 Å². The number of hydrogen-bond donors (Lipinski definition) is 3. The van der Waals surface area contributed by atoms with E-state index in [4.69, 9.17) is 4.74 Å². The second-order valence-electron chi connectivity index (χ2n) is 7.62. The minimum Gasteiger partial charge on any atom is -0.497 e. The molecule has 2 atom stereocenters. The van der Waals surface area contributed by atoms with Crippen LogP contribution in [0.4, 0.5) is 5.69 Å². The predicted molar refractivity (Wildman–Crippen MR) is 121 cm³/mol. The number of methoxy groups -OCH3 is 1. The summed E-state index contributed by atoms with van der Waals surface area (Å²) in [5.41, 5.74) is 2.51. The molecule has 3 N–H and O–H groups in total. The van der Waals surface area contributed by atoms with Crippen LogP contribution in [-0.2, 0) is 16.4 Å². The van der Waals surface area contributed by atoms with Crippen LogP contribution in [0.3, 0.4) is 0 Å². The minimum absolute atomic E-state index is 0.127. The molecule has 0 aliphatic heterocycles. The van der Waals surface area contributed by atoms with Crippen molar-refractivity contribution in [2.45, 2.75) is 29.9 Å². The molecule has 0 spiro atoms. The smallest absolute Gasteiger partial charge is 0.255 e. The molecule has 1 amide bonds. The van der Waals surface area contributed by atoms with Crippen LogP contribution < -0.4 is 14.8 Å². The second-order valence-corrected chi connectivity index (χ2v) is 9.33. The molecule has 0 aromatic heterocycles. The van der Waals surface area contributed by atoms with E-state index in [1.54, 1.807) is 54.6 Å². The predicted octanol–water partition coefficient (Wildman–Crippen LogP) is 3.27. The quantitative estimate of drug-likeness (QED) is 0.532. The topological polar surface area (TPSA) is 105 Å². The number of carbonyl (C=O) groups is 1. The van der Waals surface area contributed by atoms with E-state index in [-0.39, 0.29) is 10.8 Å². The monoisotopic (exact) mass is 452 g/mol. The van der Waals surface area contributed by atoms with E-state index in [0.29, 0.717) is 35.4 Å². The first-order chi connectivity index (χ1) is 15.4. The molecule has 0 fully saturated rings. The fraction of sp³-hybridized carbons (Fsp3) is 0.208. The highest BCUT2D eigenvalue weighted by Crippen LogP contribution is 2.33. The number of nitrogens with one attached hydrogen (secondary N) is 2. The number of benzene rings is 3. The molecule has 1 aliphatic carbocycles. The lowest BCUT2D eigenvalue weighted by atomic mass is 9.86. The Morgan fingerprint density at radius 1 is 1.03 bits per heavy atom. The van der Waals surface area contributed by atoms with Gasteiger partial charge in [0.05, 0.1) is 24.2 Å². The zero-order valence-electron chi connectivity index (χ0n) is 17.5. The van der Waals surface area contributed by atoms with E-state index in [1.165, 1.54) is 19.2 Å². The maximum atomic E-state index is 12.9. The lowest BCUT2D eigenvalue weighted by Crippen LogP contribution is -2.39. The average molecular weight is 453 g/mol. The Balaban J connectivity index is 1.61. The maximum absolute atomic E-state index is 12.9. The first-order valence-corrected chi connectivity index (χ1v) is 11.7. The highest BCUT2D eigenvalue weighted by molar-refractivity contribution is 7.89. The van der Waals surface area contributed by atoms with Crippen LogP contribution in [0.15, 0.2) is 77.7 Å². The van der Waals surface area contributed by atoms with E-state index in [9.17, 15) is 18.3 Å². The van der Waals surface area contributed by atoms with E-state index < -0.39 is 22.2 Å². The van der Waals surface area contributed by atoms with Crippen molar-refractivity contribution < 1.29 is 23.1 Å². The molecule has 0 heterocycles. The van der Waals surface area contributed by atoms with Gasteiger partial charge in [-0.3, -0.25) is 4.79 Å². The van der Waals surface area contributed by atoms with Crippen molar-refractivity contribution in [3.05, 3.63) is 89.5 Å². The van der Waals surface area contributed by atoms with Gasteiger partial charge in [-0.1, -0.05) is 30.3 Å². The Morgan fingerprint density at radius 2 is 1.81 bits per heavy atom. The zero-order chi connectivity index (χ0) is 22.7. The maximum Gasteiger partial charge on any atom is 0.255 e. The summed E-state index contributed by atoms with van der Waals surface area (Å²) in [5.74, 6) is 0.253. The van der Waals surface area contributed by atoms with E-state index in [2.05, 4.69) is 10.0 Å². The van der Waals surface area contributed by atoms with E-state index in [1.807, 2.05) is 6.07 Å². The molecule has 3 aromatic rings. The van der Waals surface area contributed by atoms with Crippen molar-refractivity contribution in [3.63, 3.8) is 0 Å². The Labute approximate surface area is 187 Å². The number of aliphatic hydroxyl groups excluding tert-OH is 1. The first kappa shape index (κ1) is 22.0. The highest BCUT2D eigenvalue weighted by atomic mass is 32.2. The molecule has 3 aromatic carbocycles. The molecular weight excluding hydrogens is 428 g/mol. The Hall–Kier alpha value is -3.20. The van der Waals surface area contributed by atoms with Crippen LogP contribution in [0.5, 0.6) is 5.75 Å². The fourth-order valence-corrected chi connectivity index (χ4v) is 5.08. The van der Waals surface area contributed by atoms with Crippen LogP contribution in [0.25, 0.3) is 0 Å². The van der Waals surface area contributed by atoms with Crippen molar-refractivity contribution in [1.82, 2.24) is 4.72 Å². The van der Waals surface area contributed by atoms with Crippen molar-refractivity contribution >= 4 is 21.6 Å². The molecule has 0 bridgehead atoms. The third kappa shape index (κ3) is 4.67. The van der Waals surface area contributed by atoms with Crippen LogP contribution in [0, 0.1) is 0 Å². The van der Waals surface area contributed by atoms with Crippen LogP contribution >= 0.6 is 0 Å². The average Bonchev–Trinajstić information content (AvgIpc) is 2.81. The number of aliphatic hydroxyl groups is 1. The molecule has 1 unspecified atom stereocenters. The molecule has 32 heavy (non-hydrogen) atoms. The lowest BCUT2D eigenvalue weighted by molar-refractivity contribution is 0.102. The number of aryl methyl sites for hydroxylation is 1. The van der Waals surface area contributed by atoms with E-state index in [0.717, 1.165) is 5.56 Å². The lowest BCUT2D eigenvalue weighted by Gasteiger charge is -2.31. The second kappa shape index (κ2) is 9.12. The molecule has 0 radical (unpaired) electrons. The number of fused-ring (bicyclic) bond motifs is 1. The van der Waals surface area contributed by atoms with Gasteiger partial charge in [-0.15, -0.1) is 0 Å². The molecule has 0 saturated carbocycles. The van der Waals surface area contributed by atoms with Gasteiger partial charge in [0, 0.05) is 11.3 Å². The summed E-state index contributed by atoms with van der Waals surface area (Å²) in [4.78, 5) is 12.8. The SMILES string of the molecule is COc1cccc(C(=O)Nc2ccc3c(c2)C(NS(=O)(=O)c2ccccc2)[C@H](O)CC3)c1. The molecule has 0 saturated heterocycles. The summed E-state index contributed by atoms with van der Waals surface area (Å²) in [6.07, 6.45) is 0.166. The number of anilines is 1. The summed E-state index contributed by atoms with van der Waals surface area (Å²) in [6, 6.07) is 19.3. The van der Waals surface area contributed by atoms with Gasteiger partial charge >= 0.3 is 0 Å². The van der Waals surface area contributed by atoms with Crippen LogP contribution in [0.1, 0.15) is 33.9 Å². The first-order valence-electron chi connectivity index (χ1n) is 10.2. The molecule has 4 rings (SSSR count). The minimum atomic E-state index is -3.83. The van der Waals surface area contributed by atoms with Crippen molar-refractivity contribution in [2.75, 3.05) is 12.4 Å². The molecule has 7 nitrogen and oxygen atoms in total. The largest absolute Gasteiger partial charge is 0.497 e. The van der Waals surface area contributed by atoms with Crippen LogP contribution in [0.2, 0.25) is 0 Å². The van der Waals surface area contributed by atoms with Crippen LogP contribution in [-0.4, -0.2) is 32.6 Å². The molecule has 8 heteroatoms. The van der Waals surface area contributed by atoms with Gasteiger partial charge in [0.15, 0.2) is 0 Å². The number of rotatable bonds is 6. The molecule has 166 valence electrons. The normalized spacial score (nSPS) is 17.9. The number of hydrogen-bond acceptors (Lipinski definition) is 5. The highest BCUT2D eigenvalue weighted by Gasteiger charge is 2.32. The summed E-state index contributed by atoms with van der Waals surface area (Å²) < 4.78 is 33.5. The number of ether oxygens (including phenoxy) is 1. The van der Waals surface area contributed by atoms with Gasteiger partial charge in [0.1, 0.15) is 5.75 Å². The fourth-order valence-electron chi connectivity index (χ4n) is 3.81. The van der Waals surface area contributed by atoms with Gasteiger partial charge in [-0.2, -0.15) is 0 Å². The third-order valence-electron chi connectivity index (χ3n) is 5.50. The number of amides is 1. The Kier molecular flexibility index (Phi) is 6.27. The van der Waals surface area contributed by atoms with Gasteiger partial charge in [0.25, 0.3) is 5.91 Å². The summed E-state index contributed by atoms with van der Waals surface area (Å²) >= 11 is 0. The van der Waals surface area contributed by atoms with Gasteiger partial charge < -0.3 is 15.2 Å².